The van der Waals surface area contributed by atoms with E-state index in [-0.39, 0.29) is 18.7 Å². The Balaban J connectivity index is 1.92. The van der Waals surface area contributed by atoms with E-state index in [0.717, 1.165) is 25.7 Å². The van der Waals surface area contributed by atoms with E-state index in [1.807, 2.05) is 14.0 Å². The van der Waals surface area contributed by atoms with Crippen LogP contribution in [0.4, 0.5) is 10.5 Å². The van der Waals surface area contributed by atoms with Crippen molar-refractivity contribution in [2.45, 2.75) is 38.6 Å². The van der Waals surface area contributed by atoms with Crippen molar-refractivity contribution < 1.29 is 14.6 Å². The van der Waals surface area contributed by atoms with Crippen molar-refractivity contribution in [1.29, 1.82) is 0 Å². The smallest absolute Gasteiger partial charge is 0.321 e. The molecule has 5 nitrogen and oxygen atoms in total. The van der Waals surface area contributed by atoms with Crippen molar-refractivity contribution in [3.05, 3.63) is 23.2 Å². The van der Waals surface area contributed by atoms with E-state index in [4.69, 9.17) is 16.3 Å². The average Bonchev–Trinajstić information content (AvgIpc) is 2.57. The third kappa shape index (κ3) is 4.75. The second-order valence-electron chi connectivity index (χ2n) is 5.98. The molecule has 0 unspecified atom stereocenters. The summed E-state index contributed by atoms with van der Waals surface area (Å²) in [5.74, 6) is 0.996. The number of nitrogens with one attached hydrogen (secondary N) is 1. The summed E-state index contributed by atoms with van der Waals surface area (Å²) in [7, 11) is 1.81. The molecule has 128 valence electrons. The zero-order valence-corrected chi connectivity index (χ0v) is 14.5. The van der Waals surface area contributed by atoms with Gasteiger partial charge in [0.15, 0.2) is 0 Å². The number of hydrogen-bond acceptors (Lipinski definition) is 3. The molecule has 0 saturated heterocycles. The van der Waals surface area contributed by atoms with Gasteiger partial charge >= 0.3 is 6.03 Å². The van der Waals surface area contributed by atoms with E-state index >= 15 is 0 Å². The molecule has 1 aromatic carbocycles. The Hall–Kier alpha value is -1.46. The zero-order chi connectivity index (χ0) is 16.8. The van der Waals surface area contributed by atoms with Crippen LogP contribution in [0.1, 0.15) is 32.6 Å². The number of carbonyl (C=O) groups is 1. The van der Waals surface area contributed by atoms with Gasteiger partial charge in [0.05, 0.1) is 11.6 Å². The molecule has 1 fully saturated rings. The first kappa shape index (κ1) is 17.9. The number of nitrogens with zero attached hydrogens (tertiary/aromatic N) is 1. The number of aliphatic hydroxyl groups is 1. The van der Waals surface area contributed by atoms with E-state index in [1.54, 1.807) is 23.1 Å². The normalized spacial score (nSPS) is 20.9. The van der Waals surface area contributed by atoms with Gasteiger partial charge < -0.3 is 20.1 Å². The number of hydrogen-bond donors (Lipinski definition) is 2. The first-order chi connectivity index (χ1) is 11.0. The third-order valence-corrected chi connectivity index (χ3v) is 4.72. The largest absolute Gasteiger partial charge is 0.492 e. The number of halogens is 1. The minimum atomic E-state index is -0.141. The van der Waals surface area contributed by atoms with Gasteiger partial charge in [-0.25, -0.2) is 4.79 Å². The van der Waals surface area contributed by atoms with Crippen LogP contribution in [0.3, 0.4) is 0 Å². The van der Waals surface area contributed by atoms with Crippen molar-refractivity contribution in [3.63, 3.8) is 0 Å². The van der Waals surface area contributed by atoms with E-state index in [9.17, 15) is 9.90 Å². The summed E-state index contributed by atoms with van der Waals surface area (Å²) in [6.45, 7) is 2.69. The highest BCUT2D eigenvalue weighted by Crippen LogP contribution is 2.29. The molecule has 23 heavy (non-hydrogen) atoms. The van der Waals surface area contributed by atoms with Crippen LogP contribution in [0.5, 0.6) is 5.75 Å². The molecule has 0 aliphatic heterocycles. The number of rotatable bonds is 5. The first-order valence-corrected chi connectivity index (χ1v) is 8.50. The van der Waals surface area contributed by atoms with E-state index < -0.39 is 0 Å². The topological polar surface area (TPSA) is 61.8 Å². The van der Waals surface area contributed by atoms with Gasteiger partial charge in [0.25, 0.3) is 0 Å². The summed E-state index contributed by atoms with van der Waals surface area (Å²) in [6.07, 6.45) is 3.79. The Labute approximate surface area is 142 Å². The van der Waals surface area contributed by atoms with E-state index in [0.29, 0.717) is 29.0 Å². The van der Waals surface area contributed by atoms with Gasteiger partial charge in [-0.1, -0.05) is 11.6 Å². The van der Waals surface area contributed by atoms with Gasteiger partial charge in [-0.15, -0.1) is 0 Å². The lowest BCUT2D eigenvalue weighted by atomic mass is 9.86. The summed E-state index contributed by atoms with van der Waals surface area (Å²) >= 11 is 6.14. The lowest BCUT2D eigenvalue weighted by molar-refractivity contribution is 0.139. The van der Waals surface area contributed by atoms with E-state index in [2.05, 4.69) is 5.32 Å². The van der Waals surface area contributed by atoms with Crippen molar-refractivity contribution in [2.75, 3.05) is 25.6 Å². The van der Waals surface area contributed by atoms with Crippen LogP contribution in [0.25, 0.3) is 0 Å². The second kappa shape index (κ2) is 8.41. The Bertz CT molecular complexity index is 531. The second-order valence-corrected chi connectivity index (χ2v) is 6.38. The lowest BCUT2D eigenvalue weighted by Crippen LogP contribution is -2.42. The van der Waals surface area contributed by atoms with Gasteiger partial charge in [0.1, 0.15) is 5.75 Å². The minimum absolute atomic E-state index is 0.141. The fourth-order valence-electron chi connectivity index (χ4n) is 2.94. The van der Waals surface area contributed by atoms with Crippen LogP contribution in [0, 0.1) is 5.92 Å². The SMILES string of the molecule is CCOc1ccc(NC(=O)N(C)C2CCC(CO)CC2)cc1Cl. The number of anilines is 1. The van der Waals surface area contributed by atoms with Crippen molar-refractivity contribution in [3.8, 4) is 5.75 Å². The van der Waals surface area contributed by atoms with Crippen molar-refractivity contribution in [1.82, 2.24) is 4.90 Å². The van der Waals surface area contributed by atoms with Crippen LogP contribution in [-0.2, 0) is 0 Å². The fourth-order valence-corrected chi connectivity index (χ4v) is 3.18. The van der Waals surface area contributed by atoms with Gasteiger partial charge in [-0.2, -0.15) is 0 Å². The Kier molecular flexibility index (Phi) is 6.54. The highest BCUT2D eigenvalue weighted by Gasteiger charge is 2.26. The maximum absolute atomic E-state index is 12.4. The molecule has 2 amide bonds. The first-order valence-electron chi connectivity index (χ1n) is 8.12. The van der Waals surface area contributed by atoms with Crippen LogP contribution in [0.2, 0.25) is 5.02 Å². The molecule has 2 N–H and O–H groups in total. The van der Waals surface area contributed by atoms with Gasteiger partial charge in [0, 0.05) is 25.4 Å². The van der Waals surface area contributed by atoms with Crippen LogP contribution in [-0.4, -0.2) is 42.3 Å². The monoisotopic (exact) mass is 340 g/mol. The number of urea groups is 1. The summed E-state index contributed by atoms with van der Waals surface area (Å²) in [6, 6.07) is 5.31. The number of amides is 2. The molecule has 2 rings (SSSR count). The Morgan fingerprint density at radius 2 is 2.09 bits per heavy atom. The molecule has 1 aromatic rings. The summed E-state index contributed by atoms with van der Waals surface area (Å²) in [5, 5.41) is 12.5. The van der Waals surface area contributed by atoms with Crippen LogP contribution in [0.15, 0.2) is 18.2 Å². The molecule has 0 radical (unpaired) electrons. The van der Waals surface area contributed by atoms with Crippen LogP contribution >= 0.6 is 11.6 Å². The Morgan fingerprint density at radius 3 is 2.65 bits per heavy atom. The number of benzene rings is 1. The highest BCUT2D eigenvalue weighted by molar-refractivity contribution is 6.32. The summed E-state index contributed by atoms with van der Waals surface area (Å²) < 4.78 is 5.38. The minimum Gasteiger partial charge on any atom is -0.492 e. The standard InChI is InChI=1S/C17H25ClN2O3/c1-3-23-16-9-6-13(10-15(16)18)19-17(22)20(2)14-7-4-12(11-21)5-8-14/h6,9-10,12,14,21H,3-5,7-8,11H2,1-2H3,(H,19,22). The van der Waals surface area contributed by atoms with Crippen LogP contribution < -0.4 is 10.1 Å². The van der Waals surface area contributed by atoms with Gasteiger partial charge in [-0.05, 0) is 56.7 Å². The molecule has 0 atom stereocenters. The molecule has 1 aliphatic carbocycles. The molecule has 1 aliphatic rings. The number of aliphatic hydroxyl groups excluding tert-OH is 1. The molecule has 0 heterocycles. The summed E-state index contributed by atoms with van der Waals surface area (Å²) in [4.78, 5) is 14.1. The number of carbonyl (C=O) groups excluding carboxylic acids is 1. The fraction of sp³-hybridized carbons (Fsp3) is 0.588. The lowest BCUT2D eigenvalue weighted by Gasteiger charge is -2.34. The van der Waals surface area contributed by atoms with Crippen molar-refractivity contribution in [2.24, 2.45) is 5.92 Å². The predicted octanol–water partition coefficient (Wildman–Crippen LogP) is 3.75. The van der Waals surface area contributed by atoms with Crippen molar-refractivity contribution >= 4 is 23.3 Å². The molecule has 0 spiro atoms. The maximum atomic E-state index is 12.4. The Morgan fingerprint density at radius 1 is 1.39 bits per heavy atom. The molecule has 0 aromatic heterocycles. The zero-order valence-electron chi connectivity index (χ0n) is 13.7. The molecule has 6 heteroatoms. The van der Waals surface area contributed by atoms with Gasteiger partial charge in [-0.3, -0.25) is 0 Å². The summed E-state index contributed by atoms with van der Waals surface area (Å²) in [5.41, 5.74) is 0.652. The molecular weight excluding hydrogens is 316 g/mol. The average molecular weight is 341 g/mol. The third-order valence-electron chi connectivity index (χ3n) is 4.43. The van der Waals surface area contributed by atoms with E-state index in [1.165, 1.54) is 0 Å². The highest BCUT2D eigenvalue weighted by atomic mass is 35.5. The predicted molar refractivity (Wildman–Crippen MR) is 92.2 cm³/mol. The molecule has 0 bridgehead atoms. The number of ether oxygens (including phenoxy) is 1. The molecule has 1 saturated carbocycles. The molecular formula is C17H25ClN2O3. The van der Waals surface area contributed by atoms with Gasteiger partial charge in [0.2, 0.25) is 0 Å². The quantitative estimate of drug-likeness (QED) is 0.858. The maximum Gasteiger partial charge on any atom is 0.321 e.